The van der Waals surface area contributed by atoms with Gasteiger partial charge in [-0.05, 0) is 41.3 Å². The minimum Gasteiger partial charge on any atom is -0.497 e. The molecule has 28 heavy (non-hydrogen) atoms. The second-order valence-electron chi connectivity index (χ2n) is 6.61. The molecule has 0 atom stereocenters. The second-order valence-corrected chi connectivity index (χ2v) is 6.61. The molecule has 0 saturated carbocycles. The highest BCUT2D eigenvalue weighted by molar-refractivity contribution is 5.71. The first-order chi connectivity index (χ1) is 13.8. The molecule has 2 heterocycles. The zero-order valence-corrected chi connectivity index (χ0v) is 15.9. The molecule has 6 nitrogen and oxygen atoms in total. The lowest BCUT2D eigenvalue weighted by Gasteiger charge is -2.23. The first-order valence-electron chi connectivity index (χ1n) is 9.47. The van der Waals surface area contributed by atoms with Crippen LogP contribution in [0.2, 0.25) is 0 Å². The van der Waals surface area contributed by atoms with Crippen LogP contribution in [0.5, 0.6) is 11.5 Å². The highest BCUT2D eigenvalue weighted by Crippen LogP contribution is 2.31. The van der Waals surface area contributed by atoms with Crippen molar-refractivity contribution in [3.05, 3.63) is 54.7 Å². The molecule has 1 aliphatic heterocycles. The highest BCUT2D eigenvalue weighted by atomic mass is 16.7. The minimum absolute atomic E-state index is 0.172. The molecule has 1 fully saturated rings. The Labute approximate surface area is 164 Å². The van der Waals surface area contributed by atoms with E-state index >= 15 is 0 Å². The maximum absolute atomic E-state index is 5.94. The largest absolute Gasteiger partial charge is 0.497 e. The van der Waals surface area contributed by atoms with E-state index in [0.717, 1.165) is 53.5 Å². The van der Waals surface area contributed by atoms with Gasteiger partial charge in [-0.2, -0.15) is 5.10 Å². The van der Waals surface area contributed by atoms with Crippen LogP contribution in [-0.2, 0) is 9.47 Å². The van der Waals surface area contributed by atoms with Crippen molar-refractivity contribution in [2.75, 3.05) is 26.9 Å². The van der Waals surface area contributed by atoms with Crippen LogP contribution in [0.3, 0.4) is 0 Å². The Hall–Kier alpha value is -2.83. The number of nitrogens with zero attached hydrogens (tertiary/aromatic N) is 1. The Morgan fingerprint density at radius 1 is 0.964 bits per heavy atom. The minimum atomic E-state index is -0.172. The normalized spacial score (nSPS) is 14.8. The molecule has 146 valence electrons. The first-order valence-corrected chi connectivity index (χ1v) is 9.47. The lowest BCUT2D eigenvalue weighted by atomic mass is 10.0. The molecule has 6 heteroatoms. The number of H-pyrrole nitrogens is 1. The Balaban J connectivity index is 1.46. The molecular formula is C22H24N2O4. The average molecular weight is 380 g/mol. The quantitative estimate of drug-likeness (QED) is 0.663. The van der Waals surface area contributed by atoms with E-state index in [9.17, 15) is 0 Å². The second kappa shape index (κ2) is 8.91. The molecule has 1 N–H and O–H groups in total. The lowest BCUT2D eigenvalue weighted by molar-refractivity contribution is -0.183. The smallest absolute Gasteiger partial charge is 0.160 e. The summed E-state index contributed by atoms with van der Waals surface area (Å²) in [4.78, 5) is 0. The SMILES string of the molecule is COc1cc(OCCC2OCCCO2)cc(-c2ccc(-c3ccn[nH]3)cc2)c1. The summed E-state index contributed by atoms with van der Waals surface area (Å²) < 4.78 is 22.5. The van der Waals surface area contributed by atoms with Gasteiger partial charge in [0.2, 0.25) is 0 Å². The third kappa shape index (κ3) is 4.52. The molecule has 0 aliphatic carbocycles. The summed E-state index contributed by atoms with van der Waals surface area (Å²) in [6, 6.07) is 16.2. The van der Waals surface area contributed by atoms with Crippen LogP contribution in [-0.4, -0.2) is 43.4 Å². The van der Waals surface area contributed by atoms with Crippen LogP contribution in [0.15, 0.2) is 54.7 Å². The Morgan fingerprint density at radius 3 is 2.43 bits per heavy atom. The van der Waals surface area contributed by atoms with Crippen molar-refractivity contribution >= 4 is 0 Å². The van der Waals surface area contributed by atoms with Crippen LogP contribution in [0.1, 0.15) is 12.8 Å². The summed E-state index contributed by atoms with van der Waals surface area (Å²) >= 11 is 0. The molecule has 1 aromatic heterocycles. The van der Waals surface area contributed by atoms with E-state index in [2.05, 4.69) is 34.5 Å². The first kappa shape index (κ1) is 18.5. The van der Waals surface area contributed by atoms with E-state index in [1.807, 2.05) is 24.3 Å². The number of nitrogens with one attached hydrogen (secondary N) is 1. The van der Waals surface area contributed by atoms with Crippen molar-refractivity contribution in [1.29, 1.82) is 0 Å². The van der Waals surface area contributed by atoms with Gasteiger partial charge in [0.25, 0.3) is 0 Å². The molecule has 0 radical (unpaired) electrons. The number of aromatic amines is 1. The van der Waals surface area contributed by atoms with Crippen LogP contribution in [0.25, 0.3) is 22.4 Å². The molecule has 0 amide bonds. The third-order valence-electron chi connectivity index (χ3n) is 4.66. The molecule has 3 aromatic rings. The van der Waals surface area contributed by atoms with E-state index < -0.39 is 0 Å². The van der Waals surface area contributed by atoms with E-state index in [4.69, 9.17) is 18.9 Å². The van der Waals surface area contributed by atoms with Crippen molar-refractivity contribution < 1.29 is 18.9 Å². The van der Waals surface area contributed by atoms with Crippen molar-refractivity contribution in [1.82, 2.24) is 10.2 Å². The maximum atomic E-state index is 5.94. The number of ether oxygens (including phenoxy) is 4. The van der Waals surface area contributed by atoms with Crippen molar-refractivity contribution in [3.8, 4) is 33.9 Å². The van der Waals surface area contributed by atoms with Crippen molar-refractivity contribution in [2.45, 2.75) is 19.1 Å². The summed E-state index contributed by atoms with van der Waals surface area (Å²) in [5.41, 5.74) is 4.21. The maximum Gasteiger partial charge on any atom is 0.160 e. The molecular weight excluding hydrogens is 356 g/mol. The van der Waals surface area contributed by atoms with Gasteiger partial charge in [0.05, 0.1) is 32.6 Å². The molecule has 0 bridgehead atoms. The number of benzene rings is 2. The fourth-order valence-electron chi connectivity index (χ4n) is 3.17. The van der Waals surface area contributed by atoms with Crippen molar-refractivity contribution in [2.24, 2.45) is 0 Å². The average Bonchev–Trinajstić information content (AvgIpc) is 3.29. The standard InChI is InChI=1S/C22H24N2O4/c1-25-19-13-18(16-3-5-17(6-4-16)21-7-9-23-24-21)14-20(15-19)26-12-8-22-27-10-2-11-28-22/h3-7,9,13-15,22H,2,8,10-12H2,1H3,(H,23,24). The summed E-state index contributed by atoms with van der Waals surface area (Å²) in [5.74, 6) is 1.53. The van der Waals surface area contributed by atoms with Gasteiger partial charge in [-0.1, -0.05) is 24.3 Å². The predicted molar refractivity (Wildman–Crippen MR) is 106 cm³/mol. The molecule has 0 unspecified atom stereocenters. The van der Waals surface area contributed by atoms with Gasteiger partial charge >= 0.3 is 0 Å². The number of rotatable bonds is 7. The Morgan fingerprint density at radius 2 is 1.71 bits per heavy atom. The predicted octanol–water partition coefficient (Wildman–Crippen LogP) is 4.28. The number of hydrogen-bond donors (Lipinski definition) is 1. The zero-order valence-electron chi connectivity index (χ0n) is 15.9. The highest BCUT2D eigenvalue weighted by Gasteiger charge is 2.14. The Bertz CT molecular complexity index is 872. The fraction of sp³-hybridized carbons (Fsp3) is 0.318. The third-order valence-corrected chi connectivity index (χ3v) is 4.66. The molecule has 0 spiro atoms. The van der Waals surface area contributed by atoms with E-state index in [-0.39, 0.29) is 6.29 Å². The van der Waals surface area contributed by atoms with Gasteiger partial charge in [-0.3, -0.25) is 5.10 Å². The monoisotopic (exact) mass is 380 g/mol. The van der Waals surface area contributed by atoms with Gasteiger partial charge in [0, 0.05) is 18.7 Å². The van der Waals surface area contributed by atoms with E-state index in [1.54, 1.807) is 13.3 Å². The van der Waals surface area contributed by atoms with Crippen LogP contribution in [0, 0.1) is 0 Å². The lowest BCUT2D eigenvalue weighted by Crippen LogP contribution is -2.26. The summed E-state index contributed by atoms with van der Waals surface area (Å²) in [5, 5.41) is 6.98. The number of hydrogen-bond acceptors (Lipinski definition) is 5. The summed E-state index contributed by atoms with van der Waals surface area (Å²) in [6.45, 7) is 2.03. The number of aromatic nitrogens is 2. The Kier molecular flexibility index (Phi) is 5.89. The van der Waals surface area contributed by atoms with Gasteiger partial charge in [0.1, 0.15) is 11.5 Å². The zero-order chi connectivity index (χ0) is 19.2. The fourth-order valence-corrected chi connectivity index (χ4v) is 3.17. The molecule has 1 saturated heterocycles. The molecule has 2 aromatic carbocycles. The van der Waals surface area contributed by atoms with Gasteiger partial charge in [-0.25, -0.2) is 0 Å². The summed E-state index contributed by atoms with van der Waals surface area (Å²) in [7, 11) is 1.66. The van der Waals surface area contributed by atoms with Gasteiger partial charge < -0.3 is 18.9 Å². The van der Waals surface area contributed by atoms with Crippen LogP contribution < -0.4 is 9.47 Å². The number of methoxy groups -OCH3 is 1. The van der Waals surface area contributed by atoms with Crippen LogP contribution in [0.4, 0.5) is 0 Å². The van der Waals surface area contributed by atoms with Crippen LogP contribution >= 0.6 is 0 Å². The van der Waals surface area contributed by atoms with E-state index in [0.29, 0.717) is 13.0 Å². The van der Waals surface area contributed by atoms with Gasteiger partial charge in [0.15, 0.2) is 6.29 Å². The van der Waals surface area contributed by atoms with E-state index in [1.165, 1.54) is 0 Å². The molecule has 1 aliphatic rings. The topological polar surface area (TPSA) is 65.6 Å². The summed E-state index contributed by atoms with van der Waals surface area (Å²) in [6.07, 6.45) is 3.23. The van der Waals surface area contributed by atoms with Crippen molar-refractivity contribution in [3.63, 3.8) is 0 Å². The van der Waals surface area contributed by atoms with Gasteiger partial charge in [-0.15, -0.1) is 0 Å². The molecule has 4 rings (SSSR count).